The van der Waals surface area contributed by atoms with Crippen molar-refractivity contribution < 1.29 is 9.53 Å². The lowest BCUT2D eigenvalue weighted by Crippen LogP contribution is -2.33. The summed E-state index contributed by atoms with van der Waals surface area (Å²) in [7, 11) is 0. The third-order valence-electron chi connectivity index (χ3n) is 1.82. The fourth-order valence-corrected chi connectivity index (χ4v) is 1.62. The van der Waals surface area contributed by atoms with Crippen molar-refractivity contribution in [2.24, 2.45) is 0 Å². The van der Waals surface area contributed by atoms with Crippen LogP contribution in [-0.2, 0) is 16.0 Å². The number of amides is 1. The summed E-state index contributed by atoms with van der Waals surface area (Å²) in [6, 6.07) is 0. The van der Waals surface area contributed by atoms with E-state index >= 15 is 0 Å². The molecule has 90 valence electrons. The molecule has 1 N–H and O–H groups in total. The van der Waals surface area contributed by atoms with Gasteiger partial charge in [-0.3, -0.25) is 4.79 Å². The summed E-state index contributed by atoms with van der Waals surface area (Å²) >= 11 is 1.56. The number of rotatable bonds is 5. The minimum absolute atomic E-state index is 0.0786. The lowest BCUT2D eigenvalue weighted by molar-refractivity contribution is -0.130. The van der Waals surface area contributed by atoms with Crippen LogP contribution in [0.5, 0.6) is 0 Å². The van der Waals surface area contributed by atoms with Gasteiger partial charge in [0, 0.05) is 18.3 Å². The Morgan fingerprint density at radius 2 is 2.31 bits per heavy atom. The van der Waals surface area contributed by atoms with Crippen molar-refractivity contribution >= 4 is 17.2 Å². The molecule has 1 amide bonds. The molecule has 16 heavy (non-hydrogen) atoms. The third-order valence-corrected chi connectivity index (χ3v) is 2.46. The minimum atomic E-state index is -0.272. The molecule has 4 nitrogen and oxygen atoms in total. The molecule has 1 heterocycles. The Kier molecular flexibility index (Phi) is 4.89. The Morgan fingerprint density at radius 3 is 2.88 bits per heavy atom. The first-order valence-electron chi connectivity index (χ1n) is 5.25. The zero-order valence-corrected chi connectivity index (χ0v) is 10.8. The number of carbonyl (C=O) groups excluding carboxylic acids is 1. The number of nitrogens with zero attached hydrogens (tertiary/aromatic N) is 1. The molecular weight excluding hydrogens is 224 g/mol. The zero-order valence-electron chi connectivity index (χ0n) is 9.95. The summed E-state index contributed by atoms with van der Waals surface area (Å²) in [5, 5.41) is 4.78. The number of hydrogen-bond donors (Lipinski definition) is 1. The van der Waals surface area contributed by atoms with Gasteiger partial charge in [0.25, 0.3) is 0 Å². The van der Waals surface area contributed by atoms with Crippen LogP contribution in [0.4, 0.5) is 0 Å². The number of nitrogens with one attached hydrogen (secondary N) is 1. The molecule has 0 aliphatic rings. The molecule has 0 aliphatic carbocycles. The number of hydrogen-bond acceptors (Lipinski definition) is 4. The van der Waals surface area contributed by atoms with Gasteiger partial charge in [-0.15, -0.1) is 11.3 Å². The lowest BCUT2D eigenvalue weighted by Gasteiger charge is -2.18. The Bertz CT molecular complexity index is 317. The smallest absolute Gasteiger partial charge is 0.246 e. The summed E-state index contributed by atoms with van der Waals surface area (Å²) in [6.07, 6.45) is 0.769. The van der Waals surface area contributed by atoms with Gasteiger partial charge in [-0.1, -0.05) is 0 Å². The van der Waals surface area contributed by atoms with Crippen molar-refractivity contribution in [1.82, 2.24) is 10.3 Å². The van der Waals surface area contributed by atoms with E-state index in [-0.39, 0.29) is 18.1 Å². The van der Waals surface area contributed by atoms with E-state index < -0.39 is 0 Å². The molecule has 0 saturated carbocycles. The molecule has 0 radical (unpaired) electrons. The van der Waals surface area contributed by atoms with Crippen molar-refractivity contribution in [3.05, 3.63) is 16.6 Å². The van der Waals surface area contributed by atoms with Crippen LogP contribution in [0.15, 0.2) is 10.9 Å². The van der Waals surface area contributed by atoms with Crippen LogP contribution in [0.3, 0.4) is 0 Å². The monoisotopic (exact) mass is 242 g/mol. The summed E-state index contributed by atoms with van der Waals surface area (Å²) in [5.74, 6) is -0.0786. The van der Waals surface area contributed by atoms with E-state index in [1.165, 1.54) is 0 Å². The summed E-state index contributed by atoms with van der Waals surface area (Å²) in [4.78, 5) is 15.5. The van der Waals surface area contributed by atoms with Gasteiger partial charge in [-0.2, -0.15) is 0 Å². The Hall–Kier alpha value is -0.940. The highest BCUT2D eigenvalue weighted by molar-refractivity contribution is 7.07. The quantitative estimate of drug-likeness (QED) is 0.853. The maximum absolute atomic E-state index is 11.4. The molecule has 0 bridgehead atoms. The normalized spacial score (nSPS) is 11.4. The average molecular weight is 242 g/mol. The van der Waals surface area contributed by atoms with E-state index in [1.807, 2.05) is 26.2 Å². The molecule has 0 unspecified atom stereocenters. The molecule has 1 aromatic rings. The predicted molar refractivity (Wildman–Crippen MR) is 64.5 cm³/mol. The molecular formula is C11H18N2O2S. The molecule has 0 atom stereocenters. The molecule has 0 spiro atoms. The molecule has 0 saturated heterocycles. The summed E-state index contributed by atoms with van der Waals surface area (Å²) in [5.41, 5.74) is 2.54. The SMILES string of the molecule is CC(C)(C)OCC(=O)NCCc1cscn1. The van der Waals surface area contributed by atoms with E-state index in [2.05, 4.69) is 10.3 Å². The molecule has 0 aromatic carbocycles. The summed E-state index contributed by atoms with van der Waals surface area (Å²) < 4.78 is 5.35. The second-order valence-corrected chi connectivity index (χ2v) is 5.20. The van der Waals surface area contributed by atoms with E-state index in [9.17, 15) is 4.79 Å². The van der Waals surface area contributed by atoms with Gasteiger partial charge in [-0.25, -0.2) is 4.98 Å². The first-order valence-corrected chi connectivity index (χ1v) is 6.19. The molecule has 0 fully saturated rings. The maximum atomic E-state index is 11.4. The van der Waals surface area contributed by atoms with Crippen molar-refractivity contribution in [3.8, 4) is 0 Å². The van der Waals surface area contributed by atoms with Crippen LogP contribution >= 0.6 is 11.3 Å². The molecule has 0 aliphatic heterocycles. The lowest BCUT2D eigenvalue weighted by atomic mass is 10.2. The molecule has 1 rings (SSSR count). The average Bonchev–Trinajstić information content (AvgIpc) is 2.66. The Labute approximate surface area is 100 Å². The van der Waals surface area contributed by atoms with Crippen molar-refractivity contribution in [2.75, 3.05) is 13.2 Å². The van der Waals surface area contributed by atoms with Crippen LogP contribution in [0, 0.1) is 0 Å². The standard InChI is InChI=1S/C11H18N2O2S/c1-11(2,3)15-6-10(14)12-5-4-9-7-16-8-13-9/h7-8H,4-6H2,1-3H3,(H,12,14). The zero-order chi connectivity index (χ0) is 12.0. The topological polar surface area (TPSA) is 51.2 Å². The van der Waals surface area contributed by atoms with E-state index in [4.69, 9.17) is 4.74 Å². The highest BCUT2D eigenvalue weighted by atomic mass is 32.1. The Morgan fingerprint density at radius 1 is 1.56 bits per heavy atom. The van der Waals surface area contributed by atoms with Crippen LogP contribution in [0.1, 0.15) is 26.5 Å². The Balaban J connectivity index is 2.11. The van der Waals surface area contributed by atoms with Crippen LogP contribution in [0.2, 0.25) is 0 Å². The highest BCUT2D eigenvalue weighted by Crippen LogP contribution is 2.05. The molecule has 1 aromatic heterocycles. The van der Waals surface area contributed by atoms with Crippen molar-refractivity contribution in [2.45, 2.75) is 32.8 Å². The maximum Gasteiger partial charge on any atom is 0.246 e. The van der Waals surface area contributed by atoms with Gasteiger partial charge in [-0.05, 0) is 20.8 Å². The van der Waals surface area contributed by atoms with Crippen LogP contribution in [-0.4, -0.2) is 29.6 Å². The van der Waals surface area contributed by atoms with Gasteiger partial charge >= 0.3 is 0 Å². The fourth-order valence-electron chi connectivity index (χ4n) is 1.02. The fraction of sp³-hybridized carbons (Fsp3) is 0.636. The van der Waals surface area contributed by atoms with Gasteiger partial charge in [0.15, 0.2) is 0 Å². The van der Waals surface area contributed by atoms with E-state index in [1.54, 1.807) is 16.8 Å². The number of thiazole rings is 1. The van der Waals surface area contributed by atoms with E-state index in [0.29, 0.717) is 6.54 Å². The van der Waals surface area contributed by atoms with Gasteiger partial charge in [0.1, 0.15) is 6.61 Å². The van der Waals surface area contributed by atoms with E-state index in [0.717, 1.165) is 12.1 Å². The van der Waals surface area contributed by atoms with Crippen LogP contribution < -0.4 is 5.32 Å². The number of ether oxygens (including phenoxy) is 1. The first kappa shape index (κ1) is 13.1. The van der Waals surface area contributed by atoms with Gasteiger partial charge < -0.3 is 10.1 Å². The molecule has 5 heteroatoms. The first-order chi connectivity index (χ1) is 7.47. The third kappa shape index (κ3) is 5.82. The predicted octanol–water partition coefficient (Wildman–Crippen LogP) is 1.62. The second-order valence-electron chi connectivity index (χ2n) is 4.48. The van der Waals surface area contributed by atoms with Gasteiger partial charge in [0.05, 0.1) is 16.8 Å². The van der Waals surface area contributed by atoms with Crippen molar-refractivity contribution in [1.29, 1.82) is 0 Å². The number of carbonyl (C=O) groups is 1. The van der Waals surface area contributed by atoms with Crippen LogP contribution in [0.25, 0.3) is 0 Å². The van der Waals surface area contributed by atoms with Gasteiger partial charge in [0.2, 0.25) is 5.91 Å². The summed E-state index contributed by atoms with van der Waals surface area (Å²) in [6.45, 7) is 6.50. The largest absolute Gasteiger partial charge is 0.366 e. The number of aromatic nitrogens is 1. The minimum Gasteiger partial charge on any atom is -0.366 e. The second kappa shape index (κ2) is 5.96. The highest BCUT2D eigenvalue weighted by Gasteiger charge is 2.12. The van der Waals surface area contributed by atoms with Crippen molar-refractivity contribution in [3.63, 3.8) is 0 Å².